The molecule has 1 atom stereocenters. The lowest BCUT2D eigenvalue weighted by molar-refractivity contribution is -0.149. The molecule has 0 bridgehead atoms. The molecule has 2 aromatic carbocycles. The van der Waals surface area contributed by atoms with Crippen molar-refractivity contribution in [1.82, 2.24) is 9.80 Å². The van der Waals surface area contributed by atoms with Gasteiger partial charge in [0.2, 0.25) is 0 Å². The van der Waals surface area contributed by atoms with E-state index >= 15 is 0 Å². The van der Waals surface area contributed by atoms with Crippen LogP contribution in [0.1, 0.15) is 36.8 Å². The average molecular weight is 407 g/mol. The Hall–Kier alpha value is -2.82. The molecule has 2 aliphatic heterocycles. The van der Waals surface area contributed by atoms with Gasteiger partial charge in [-0.1, -0.05) is 60.7 Å². The number of rotatable bonds is 5. The number of ether oxygens (including phenoxy) is 1. The second-order valence-electron chi connectivity index (χ2n) is 8.35. The molecule has 2 amide bonds. The number of carbonyl (C=O) groups excluding carboxylic acids is 2. The van der Waals surface area contributed by atoms with Crippen molar-refractivity contribution in [2.24, 2.45) is 5.92 Å². The van der Waals surface area contributed by atoms with E-state index < -0.39 is 6.04 Å². The summed E-state index contributed by atoms with van der Waals surface area (Å²) in [6, 6.07) is 19.8. The van der Waals surface area contributed by atoms with Gasteiger partial charge in [-0.25, -0.2) is 9.59 Å². The lowest BCUT2D eigenvalue weighted by Gasteiger charge is -2.36. The van der Waals surface area contributed by atoms with Gasteiger partial charge in [-0.3, -0.25) is 0 Å². The Bertz CT molecular complexity index is 832. The van der Waals surface area contributed by atoms with Crippen molar-refractivity contribution in [2.45, 2.75) is 44.8 Å². The van der Waals surface area contributed by atoms with Gasteiger partial charge in [0.15, 0.2) is 0 Å². The number of carbonyl (C=O) groups is 2. The highest BCUT2D eigenvalue weighted by atomic mass is 16.5. The monoisotopic (exact) mass is 406 g/mol. The van der Waals surface area contributed by atoms with Gasteiger partial charge in [-0.2, -0.15) is 0 Å². The van der Waals surface area contributed by atoms with Crippen molar-refractivity contribution >= 4 is 12.0 Å². The zero-order valence-corrected chi connectivity index (χ0v) is 17.4. The number of amides is 2. The quantitative estimate of drug-likeness (QED) is 0.697. The Morgan fingerprint density at radius 3 is 2.13 bits per heavy atom. The molecular formula is C25H30N2O3. The maximum Gasteiger partial charge on any atom is 0.329 e. The molecule has 5 heteroatoms. The minimum absolute atomic E-state index is 0.00711. The first-order valence-electron chi connectivity index (χ1n) is 11.0. The minimum atomic E-state index is -0.455. The van der Waals surface area contributed by atoms with Crippen molar-refractivity contribution < 1.29 is 14.3 Å². The van der Waals surface area contributed by atoms with Crippen LogP contribution in [0.25, 0.3) is 0 Å². The van der Waals surface area contributed by atoms with E-state index in [0.29, 0.717) is 18.9 Å². The fraction of sp³-hybridized carbons (Fsp3) is 0.440. The first-order chi connectivity index (χ1) is 14.7. The maximum absolute atomic E-state index is 13.1. The van der Waals surface area contributed by atoms with Gasteiger partial charge in [0.25, 0.3) is 0 Å². The van der Waals surface area contributed by atoms with Gasteiger partial charge < -0.3 is 14.5 Å². The molecular weight excluding hydrogens is 376 g/mol. The van der Waals surface area contributed by atoms with Crippen LogP contribution < -0.4 is 0 Å². The molecule has 2 aromatic rings. The van der Waals surface area contributed by atoms with Crippen molar-refractivity contribution in [3.63, 3.8) is 0 Å². The third-order valence-corrected chi connectivity index (χ3v) is 6.25. The molecule has 0 unspecified atom stereocenters. The third-order valence-electron chi connectivity index (χ3n) is 6.25. The second kappa shape index (κ2) is 9.79. The Morgan fingerprint density at radius 1 is 0.833 bits per heavy atom. The Morgan fingerprint density at radius 2 is 1.47 bits per heavy atom. The van der Waals surface area contributed by atoms with Crippen LogP contribution in [-0.4, -0.2) is 47.5 Å². The molecule has 2 fully saturated rings. The van der Waals surface area contributed by atoms with E-state index in [0.717, 1.165) is 44.3 Å². The van der Waals surface area contributed by atoms with E-state index in [1.807, 2.05) is 41.3 Å². The van der Waals surface area contributed by atoms with E-state index in [1.165, 1.54) is 5.56 Å². The molecule has 0 N–H and O–H groups in total. The van der Waals surface area contributed by atoms with Crippen LogP contribution in [0.3, 0.4) is 0 Å². The molecule has 4 rings (SSSR count). The van der Waals surface area contributed by atoms with E-state index in [1.54, 1.807) is 4.90 Å². The number of benzene rings is 2. The molecule has 5 nitrogen and oxygen atoms in total. The molecule has 0 saturated carbocycles. The number of urea groups is 1. The number of hydrogen-bond acceptors (Lipinski definition) is 3. The van der Waals surface area contributed by atoms with Crippen LogP contribution >= 0.6 is 0 Å². The molecule has 2 aliphatic rings. The Labute approximate surface area is 178 Å². The summed E-state index contributed by atoms with van der Waals surface area (Å²) < 4.78 is 5.51. The SMILES string of the molecule is O=C(OCc1ccccc1)[C@@H]1CCCN1C(=O)N1CCC(Cc2ccccc2)CC1. The molecule has 0 spiro atoms. The van der Waals surface area contributed by atoms with Crippen LogP contribution in [0.4, 0.5) is 4.79 Å². The van der Waals surface area contributed by atoms with E-state index in [2.05, 4.69) is 24.3 Å². The standard InChI is InChI=1S/C25H30N2O3/c28-24(30-19-22-10-5-2-6-11-22)23-12-7-15-27(23)25(29)26-16-13-21(14-17-26)18-20-8-3-1-4-9-20/h1-6,8-11,21,23H,7,12-19H2/t23-/m0/s1. The summed E-state index contributed by atoms with van der Waals surface area (Å²) in [6.45, 7) is 2.41. The largest absolute Gasteiger partial charge is 0.459 e. The Balaban J connectivity index is 1.28. The zero-order valence-electron chi connectivity index (χ0n) is 17.4. The highest BCUT2D eigenvalue weighted by Crippen LogP contribution is 2.26. The normalized spacial score (nSPS) is 19.7. The predicted octanol–water partition coefficient (Wildman–Crippen LogP) is 4.27. The fourth-order valence-corrected chi connectivity index (χ4v) is 4.52. The lowest BCUT2D eigenvalue weighted by Crippen LogP contribution is -2.50. The molecule has 0 radical (unpaired) electrons. The second-order valence-corrected chi connectivity index (χ2v) is 8.35. The van der Waals surface area contributed by atoms with Gasteiger partial charge in [0.1, 0.15) is 12.6 Å². The summed E-state index contributed by atoms with van der Waals surface area (Å²) in [5.41, 5.74) is 2.32. The van der Waals surface area contributed by atoms with E-state index in [9.17, 15) is 9.59 Å². The molecule has 0 aromatic heterocycles. The first-order valence-corrected chi connectivity index (χ1v) is 11.0. The lowest BCUT2D eigenvalue weighted by atomic mass is 9.90. The summed E-state index contributed by atoms with van der Waals surface area (Å²) in [4.78, 5) is 29.4. The summed E-state index contributed by atoms with van der Waals surface area (Å²) >= 11 is 0. The van der Waals surface area contributed by atoms with Crippen molar-refractivity contribution in [3.05, 3.63) is 71.8 Å². The van der Waals surface area contributed by atoms with Crippen molar-refractivity contribution in [2.75, 3.05) is 19.6 Å². The van der Waals surface area contributed by atoms with E-state index in [-0.39, 0.29) is 18.6 Å². The number of hydrogen-bond donors (Lipinski definition) is 0. The first kappa shape index (κ1) is 20.5. The molecule has 30 heavy (non-hydrogen) atoms. The number of esters is 1. The molecule has 158 valence electrons. The zero-order chi connectivity index (χ0) is 20.8. The van der Waals surface area contributed by atoms with Crippen LogP contribution in [0, 0.1) is 5.92 Å². The van der Waals surface area contributed by atoms with Crippen LogP contribution in [0.5, 0.6) is 0 Å². The predicted molar refractivity (Wildman–Crippen MR) is 116 cm³/mol. The fourth-order valence-electron chi connectivity index (χ4n) is 4.52. The smallest absolute Gasteiger partial charge is 0.329 e. The van der Waals surface area contributed by atoms with Gasteiger partial charge in [0, 0.05) is 19.6 Å². The third kappa shape index (κ3) is 5.02. The van der Waals surface area contributed by atoms with Gasteiger partial charge in [-0.05, 0) is 49.1 Å². The average Bonchev–Trinajstić information content (AvgIpc) is 3.29. The summed E-state index contributed by atoms with van der Waals surface area (Å²) in [7, 11) is 0. The highest BCUT2D eigenvalue weighted by Gasteiger charge is 2.38. The topological polar surface area (TPSA) is 49.9 Å². The Kier molecular flexibility index (Phi) is 6.67. The summed E-state index contributed by atoms with van der Waals surface area (Å²) in [5.74, 6) is 0.324. The summed E-state index contributed by atoms with van der Waals surface area (Å²) in [5, 5.41) is 0. The van der Waals surface area contributed by atoms with Gasteiger partial charge in [-0.15, -0.1) is 0 Å². The van der Waals surface area contributed by atoms with Crippen LogP contribution in [0.15, 0.2) is 60.7 Å². The minimum Gasteiger partial charge on any atom is -0.459 e. The summed E-state index contributed by atoms with van der Waals surface area (Å²) in [6.07, 6.45) is 4.63. The van der Waals surface area contributed by atoms with Gasteiger partial charge >= 0.3 is 12.0 Å². The molecule has 0 aliphatic carbocycles. The number of piperidine rings is 1. The molecule has 2 heterocycles. The maximum atomic E-state index is 13.1. The van der Waals surface area contributed by atoms with E-state index in [4.69, 9.17) is 4.74 Å². The molecule has 2 saturated heterocycles. The van der Waals surface area contributed by atoms with Crippen LogP contribution in [-0.2, 0) is 22.6 Å². The van der Waals surface area contributed by atoms with Crippen molar-refractivity contribution in [3.8, 4) is 0 Å². The van der Waals surface area contributed by atoms with Crippen molar-refractivity contribution in [1.29, 1.82) is 0 Å². The van der Waals surface area contributed by atoms with Crippen LogP contribution in [0.2, 0.25) is 0 Å². The number of nitrogens with zero attached hydrogens (tertiary/aromatic N) is 2. The highest BCUT2D eigenvalue weighted by molar-refractivity contribution is 5.84. The van der Waals surface area contributed by atoms with Gasteiger partial charge in [0.05, 0.1) is 0 Å². The number of likely N-dealkylation sites (tertiary alicyclic amines) is 2.